The second-order valence-corrected chi connectivity index (χ2v) is 4.73. The highest BCUT2D eigenvalue weighted by molar-refractivity contribution is 6.30. The van der Waals surface area contributed by atoms with Gasteiger partial charge in [-0.1, -0.05) is 17.7 Å². The number of esters is 2. The van der Waals surface area contributed by atoms with Crippen LogP contribution in [0.4, 0.5) is 5.69 Å². The molecule has 8 heteroatoms. The minimum Gasteiger partial charge on any atom is -0.465 e. The van der Waals surface area contributed by atoms with E-state index in [-0.39, 0.29) is 35.9 Å². The molecule has 0 bridgehead atoms. The van der Waals surface area contributed by atoms with Gasteiger partial charge in [-0.15, -0.1) is 0 Å². The van der Waals surface area contributed by atoms with Crippen LogP contribution in [0.2, 0.25) is 5.02 Å². The van der Waals surface area contributed by atoms with Gasteiger partial charge >= 0.3 is 11.9 Å². The number of ether oxygens (including phenoxy) is 2. The van der Waals surface area contributed by atoms with E-state index >= 15 is 0 Å². The van der Waals surface area contributed by atoms with Crippen LogP contribution in [0.5, 0.6) is 0 Å². The molecular weight excluding hydrogens is 314 g/mol. The van der Waals surface area contributed by atoms with E-state index in [1.54, 1.807) is 13.8 Å². The molecule has 0 fully saturated rings. The van der Waals surface area contributed by atoms with Gasteiger partial charge in [0.05, 0.1) is 18.1 Å². The van der Waals surface area contributed by atoms with Crippen LogP contribution in [-0.2, 0) is 25.5 Å². The Morgan fingerprint density at radius 2 is 1.77 bits per heavy atom. The molecule has 0 amide bonds. The molecular formula is C14H16ClNO6. The van der Waals surface area contributed by atoms with E-state index in [0.717, 1.165) is 0 Å². The summed E-state index contributed by atoms with van der Waals surface area (Å²) in [6, 6.07) is 4.04. The van der Waals surface area contributed by atoms with Gasteiger partial charge in [-0.3, -0.25) is 19.7 Å². The molecule has 22 heavy (non-hydrogen) atoms. The Kier molecular flexibility index (Phi) is 6.78. The number of hydrogen-bond acceptors (Lipinski definition) is 6. The van der Waals surface area contributed by atoms with Gasteiger partial charge in [0.15, 0.2) is 5.92 Å². The van der Waals surface area contributed by atoms with E-state index in [1.165, 1.54) is 18.2 Å². The molecule has 120 valence electrons. The lowest BCUT2D eigenvalue weighted by Gasteiger charge is -2.14. The number of halogens is 1. The zero-order chi connectivity index (χ0) is 16.7. The van der Waals surface area contributed by atoms with Crippen molar-refractivity contribution in [3.8, 4) is 0 Å². The second-order valence-electron chi connectivity index (χ2n) is 4.29. The van der Waals surface area contributed by atoms with Gasteiger partial charge in [-0.2, -0.15) is 0 Å². The molecule has 0 heterocycles. The molecule has 0 saturated carbocycles. The third kappa shape index (κ3) is 4.70. The normalized spacial score (nSPS) is 10.4. The smallest absolute Gasteiger partial charge is 0.320 e. The summed E-state index contributed by atoms with van der Waals surface area (Å²) >= 11 is 5.73. The molecule has 1 rings (SSSR count). The number of rotatable bonds is 7. The number of nitro groups is 1. The molecule has 0 aliphatic carbocycles. The maximum Gasteiger partial charge on any atom is 0.320 e. The van der Waals surface area contributed by atoms with Gasteiger partial charge in [0, 0.05) is 23.1 Å². The van der Waals surface area contributed by atoms with E-state index in [9.17, 15) is 19.7 Å². The fourth-order valence-corrected chi connectivity index (χ4v) is 2.01. The van der Waals surface area contributed by atoms with Crippen molar-refractivity contribution in [2.24, 2.45) is 5.92 Å². The van der Waals surface area contributed by atoms with E-state index in [2.05, 4.69) is 0 Å². The molecule has 0 aromatic heterocycles. The molecule has 0 N–H and O–H groups in total. The quantitative estimate of drug-likeness (QED) is 0.330. The molecule has 0 radical (unpaired) electrons. The van der Waals surface area contributed by atoms with Crippen molar-refractivity contribution in [1.29, 1.82) is 0 Å². The Hall–Kier alpha value is -2.15. The van der Waals surface area contributed by atoms with Gasteiger partial charge in [0.2, 0.25) is 0 Å². The monoisotopic (exact) mass is 329 g/mol. The highest BCUT2D eigenvalue weighted by atomic mass is 35.5. The first kappa shape index (κ1) is 17.9. The van der Waals surface area contributed by atoms with Gasteiger partial charge < -0.3 is 9.47 Å². The second kappa shape index (κ2) is 8.33. The predicted octanol–water partition coefficient (Wildman–Crippen LogP) is 2.53. The van der Waals surface area contributed by atoms with Gasteiger partial charge in [0.25, 0.3) is 5.69 Å². The van der Waals surface area contributed by atoms with Crippen molar-refractivity contribution in [1.82, 2.24) is 0 Å². The maximum atomic E-state index is 11.9. The Balaban J connectivity index is 3.11. The number of nitrogens with zero attached hydrogens (tertiary/aromatic N) is 1. The van der Waals surface area contributed by atoms with Crippen molar-refractivity contribution >= 4 is 29.2 Å². The Labute approximate surface area is 132 Å². The van der Waals surface area contributed by atoms with Crippen LogP contribution >= 0.6 is 11.6 Å². The number of carbonyl (C=O) groups excluding carboxylic acids is 2. The molecule has 7 nitrogen and oxygen atoms in total. The van der Waals surface area contributed by atoms with E-state index < -0.39 is 22.8 Å². The van der Waals surface area contributed by atoms with Gasteiger partial charge in [0.1, 0.15) is 0 Å². The minimum atomic E-state index is -1.25. The molecule has 0 aliphatic rings. The highest BCUT2D eigenvalue weighted by Gasteiger charge is 2.32. The van der Waals surface area contributed by atoms with Crippen LogP contribution in [0.25, 0.3) is 0 Å². The predicted molar refractivity (Wildman–Crippen MR) is 78.6 cm³/mol. The van der Waals surface area contributed by atoms with Crippen LogP contribution in [0.15, 0.2) is 18.2 Å². The van der Waals surface area contributed by atoms with E-state index in [0.29, 0.717) is 0 Å². The highest BCUT2D eigenvalue weighted by Crippen LogP contribution is 2.26. The van der Waals surface area contributed by atoms with E-state index in [4.69, 9.17) is 21.1 Å². The molecule has 0 atom stereocenters. The maximum absolute atomic E-state index is 11.9. The summed E-state index contributed by atoms with van der Waals surface area (Å²) in [6.45, 7) is 3.39. The molecule has 1 aromatic carbocycles. The zero-order valence-corrected chi connectivity index (χ0v) is 13.0. The summed E-state index contributed by atoms with van der Waals surface area (Å²) in [5.74, 6) is -2.80. The molecule has 0 aliphatic heterocycles. The van der Waals surface area contributed by atoms with Crippen LogP contribution in [0, 0.1) is 16.0 Å². The lowest BCUT2D eigenvalue weighted by Crippen LogP contribution is -2.30. The van der Waals surface area contributed by atoms with Crippen LogP contribution < -0.4 is 0 Å². The fourth-order valence-electron chi connectivity index (χ4n) is 1.85. The van der Waals surface area contributed by atoms with Gasteiger partial charge in [-0.25, -0.2) is 0 Å². The molecule has 0 spiro atoms. The topological polar surface area (TPSA) is 95.7 Å². The third-order valence-corrected chi connectivity index (χ3v) is 3.05. The average molecular weight is 330 g/mol. The summed E-state index contributed by atoms with van der Waals surface area (Å²) in [4.78, 5) is 34.2. The first-order valence-electron chi connectivity index (χ1n) is 6.66. The minimum absolute atomic E-state index is 0.0947. The molecule has 1 aromatic rings. The number of nitro benzene ring substituents is 1. The summed E-state index contributed by atoms with van der Waals surface area (Å²) in [6.07, 6.45) is -0.189. The van der Waals surface area contributed by atoms with E-state index in [1.807, 2.05) is 0 Å². The first-order valence-corrected chi connectivity index (χ1v) is 7.04. The zero-order valence-electron chi connectivity index (χ0n) is 12.2. The first-order chi connectivity index (χ1) is 10.4. The van der Waals surface area contributed by atoms with Crippen LogP contribution in [0.1, 0.15) is 19.4 Å². The SMILES string of the molecule is CCOC(=O)C(Cc1ccc(Cl)cc1[N+](=O)[O-])C(=O)OCC. The van der Waals surface area contributed by atoms with Crippen molar-refractivity contribution < 1.29 is 24.0 Å². The summed E-state index contributed by atoms with van der Waals surface area (Å²) < 4.78 is 9.66. The fraction of sp³-hybridized carbons (Fsp3) is 0.429. The van der Waals surface area contributed by atoms with Crippen molar-refractivity contribution in [2.45, 2.75) is 20.3 Å². The Morgan fingerprint density at radius 3 is 2.23 bits per heavy atom. The summed E-state index contributed by atoms with van der Waals surface area (Å²) in [5, 5.41) is 11.3. The van der Waals surface area contributed by atoms with Crippen molar-refractivity contribution in [2.75, 3.05) is 13.2 Å². The lowest BCUT2D eigenvalue weighted by atomic mass is 9.98. The Bertz CT molecular complexity index is 556. The van der Waals surface area contributed by atoms with Crippen molar-refractivity contribution in [3.63, 3.8) is 0 Å². The number of benzene rings is 1. The average Bonchev–Trinajstić information content (AvgIpc) is 2.46. The van der Waals surface area contributed by atoms with Crippen molar-refractivity contribution in [3.05, 3.63) is 38.9 Å². The number of carbonyl (C=O) groups is 2. The largest absolute Gasteiger partial charge is 0.465 e. The standard InChI is InChI=1S/C14H16ClNO6/c1-3-21-13(17)11(14(18)22-4-2)7-9-5-6-10(15)8-12(9)16(19)20/h5-6,8,11H,3-4,7H2,1-2H3. The third-order valence-electron chi connectivity index (χ3n) is 2.81. The van der Waals surface area contributed by atoms with Crippen LogP contribution in [0.3, 0.4) is 0 Å². The van der Waals surface area contributed by atoms with Crippen LogP contribution in [-0.4, -0.2) is 30.1 Å². The molecule has 0 unspecified atom stereocenters. The Morgan fingerprint density at radius 1 is 1.23 bits per heavy atom. The summed E-state index contributed by atoms with van der Waals surface area (Å²) in [7, 11) is 0. The molecule has 0 saturated heterocycles. The summed E-state index contributed by atoms with van der Waals surface area (Å²) in [5.41, 5.74) is -0.0494. The van der Waals surface area contributed by atoms with Gasteiger partial charge in [-0.05, 0) is 19.9 Å². The lowest BCUT2D eigenvalue weighted by molar-refractivity contribution is -0.385. The number of hydrogen-bond donors (Lipinski definition) is 0.